The Morgan fingerprint density at radius 1 is 0.786 bits per heavy atom. The predicted octanol–water partition coefficient (Wildman–Crippen LogP) is 3.44. The average molecular weight is 391 g/mol. The monoisotopic (exact) mass is 391 g/mol. The van der Waals surface area contributed by atoms with Crippen LogP contribution in [0.25, 0.3) is 21.7 Å². The summed E-state index contributed by atoms with van der Waals surface area (Å²) >= 11 is 0. The Balaban J connectivity index is 1.57. The van der Waals surface area contributed by atoms with Crippen LogP contribution in [0.1, 0.15) is 0 Å². The van der Waals surface area contributed by atoms with E-state index in [4.69, 9.17) is 0 Å². The number of nitrogens with zero attached hydrogens (tertiary/aromatic N) is 2. The van der Waals surface area contributed by atoms with Crippen molar-refractivity contribution in [2.45, 2.75) is 4.90 Å². The van der Waals surface area contributed by atoms with Crippen LogP contribution < -0.4 is 10.2 Å². The molecule has 3 aromatic carbocycles. The first-order chi connectivity index (χ1) is 13.6. The van der Waals surface area contributed by atoms with Gasteiger partial charge in [0.05, 0.1) is 10.4 Å². The van der Waals surface area contributed by atoms with Crippen LogP contribution in [0, 0.1) is 0 Å². The van der Waals surface area contributed by atoms with Crippen molar-refractivity contribution in [3.63, 3.8) is 0 Å². The maximum Gasteiger partial charge on any atom is 0.268 e. The highest BCUT2D eigenvalue weighted by Gasteiger charge is 2.20. The van der Waals surface area contributed by atoms with Gasteiger partial charge in [0.15, 0.2) is 0 Å². The first-order valence-corrected chi connectivity index (χ1v) is 10.9. The SMILES string of the molecule is O=S(=O)(c1ccc2ccccc2c1)n1ccc2cc(N3CCNCC3)ccc21. The maximum atomic E-state index is 13.3. The van der Waals surface area contributed by atoms with Gasteiger partial charge in [0, 0.05) is 43.4 Å². The lowest BCUT2D eigenvalue weighted by atomic mass is 10.1. The quantitative estimate of drug-likeness (QED) is 0.581. The van der Waals surface area contributed by atoms with E-state index < -0.39 is 10.0 Å². The second-order valence-electron chi connectivity index (χ2n) is 7.11. The molecule has 0 amide bonds. The fraction of sp³-hybridized carbons (Fsp3) is 0.182. The van der Waals surface area contributed by atoms with Crippen LogP contribution in [-0.4, -0.2) is 38.6 Å². The smallest absolute Gasteiger partial charge is 0.268 e. The second kappa shape index (κ2) is 6.65. The van der Waals surface area contributed by atoms with E-state index in [0.29, 0.717) is 10.4 Å². The van der Waals surface area contributed by atoms with Gasteiger partial charge < -0.3 is 10.2 Å². The average Bonchev–Trinajstić information content (AvgIpc) is 3.18. The lowest BCUT2D eigenvalue weighted by Crippen LogP contribution is -2.43. The zero-order valence-electron chi connectivity index (χ0n) is 15.4. The largest absolute Gasteiger partial charge is 0.369 e. The molecule has 0 unspecified atom stereocenters. The molecule has 5 nitrogen and oxygen atoms in total. The van der Waals surface area contributed by atoms with Crippen molar-refractivity contribution < 1.29 is 8.42 Å². The molecular weight excluding hydrogens is 370 g/mol. The van der Waals surface area contributed by atoms with Gasteiger partial charge in [0.25, 0.3) is 10.0 Å². The van der Waals surface area contributed by atoms with Crippen molar-refractivity contribution in [2.24, 2.45) is 0 Å². The number of aromatic nitrogens is 1. The summed E-state index contributed by atoms with van der Waals surface area (Å²) in [7, 11) is -3.66. The molecule has 0 saturated carbocycles. The van der Waals surface area contributed by atoms with Crippen LogP contribution in [0.2, 0.25) is 0 Å². The van der Waals surface area contributed by atoms with Crippen LogP contribution in [0.4, 0.5) is 5.69 Å². The van der Waals surface area contributed by atoms with Crippen molar-refractivity contribution >= 4 is 37.4 Å². The molecule has 1 aliphatic rings. The Bertz CT molecular complexity index is 1270. The number of fused-ring (bicyclic) bond motifs is 2. The Morgan fingerprint density at radius 3 is 2.39 bits per heavy atom. The van der Waals surface area contributed by atoms with Crippen LogP contribution >= 0.6 is 0 Å². The minimum atomic E-state index is -3.66. The molecule has 1 N–H and O–H groups in total. The normalized spacial score (nSPS) is 15.4. The highest BCUT2D eigenvalue weighted by atomic mass is 32.2. The molecule has 142 valence electrons. The first-order valence-electron chi connectivity index (χ1n) is 9.44. The van der Waals surface area contributed by atoms with Gasteiger partial charge in [-0.15, -0.1) is 0 Å². The van der Waals surface area contributed by atoms with E-state index in [-0.39, 0.29) is 0 Å². The molecule has 6 heteroatoms. The van der Waals surface area contributed by atoms with Crippen molar-refractivity contribution in [1.82, 2.24) is 9.29 Å². The van der Waals surface area contributed by atoms with Crippen molar-refractivity contribution in [3.8, 4) is 0 Å². The van der Waals surface area contributed by atoms with Crippen LogP contribution in [-0.2, 0) is 10.0 Å². The molecule has 0 atom stereocenters. The van der Waals surface area contributed by atoms with Crippen LogP contribution in [0.3, 0.4) is 0 Å². The Kier molecular flexibility index (Phi) is 4.10. The molecule has 0 radical (unpaired) electrons. The Labute approximate surface area is 164 Å². The molecule has 1 fully saturated rings. The summed E-state index contributed by atoms with van der Waals surface area (Å²) in [4.78, 5) is 2.63. The fourth-order valence-electron chi connectivity index (χ4n) is 3.88. The first kappa shape index (κ1) is 17.3. The number of anilines is 1. The van der Waals surface area contributed by atoms with E-state index in [1.54, 1.807) is 18.3 Å². The number of rotatable bonds is 3. The van der Waals surface area contributed by atoms with Crippen LogP contribution in [0.5, 0.6) is 0 Å². The molecule has 1 aliphatic heterocycles. The minimum Gasteiger partial charge on any atom is -0.369 e. The standard InChI is InChI=1S/C22H21N3O2S/c26-28(27,21-7-5-17-3-1-2-4-18(17)16-21)25-12-9-19-15-20(6-8-22(19)25)24-13-10-23-11-14-24/h1-9,12,15-16,23H,10-11,13-14H2. The van der Waals surface area contributed by atoms with Gasteiger partial charge in [-0.3, -0.25) is 0 Å². The molecule has 0 bridgehead atoms. The Morgan fingerprint density at radius 2 is 1.57 bits per heavy atom. The summed E-state index contributed by atoms with van der Waals surface area (Å²) in [5, 5.41) is 6.23. The minimum absolute atomic E-state index is 0.301. The van der Waals surface area contributed by atoms with Gasteiger partial charge in [0.2, 0.25) is 0 Å². The summed E-state index contributed by atoms with van der Waals surface area (Å²) in [6.07, 6.45) is 1.65. The molecule has 0 aliphatic carbocycles. The van der Waals surface area contributed by atoms with Gasteiger partial charge in [-0.25, -0.2) is 12.4 Å². The van der Waals surface area contributed by atoms with Gasteiger partial charge in [0.1, 0.15) is 0 Å². The summed E-state index contributed by atoms with van der Waals surface area (Å²) in [5.74, 6) is 0. The van der Waals surface area contributed by atoms with Crippen molar-refractivity contribution in [1.29, 1.82) is 0 Å². The molecule has 28 heavy (non-hydrogen) atoms. The number of nitrogens with one attached hydrogen (secondary N) is 1. The molecule has 4 aromatic rings. The highest BCUT2D eigenvalue weighted by molar-refractivity contribution is 7.90. The van der Waals surface area contributed by atoms with E-state index in [9.17, 15) is 8.42 Å². The van der Waals surface area contributed by atoms with E-state index in [2.05, 4.69) is 16.3 Å². The second-order valence-corrected chi connectivity index (χ2v) is 8.92. The topological polar surface area (TPSA) is 54.3 Å². The zero-order chi connectivity index (χ0) is 19.1. The van der Waals surface area contributed by atoms with E-state index >= 15 is 0 Å². The van der Waals surface area contributed by atoms with E-state index in [1.165, 1.54) is 3.97 Å². The lowest BCUT2D eigenvalue weighted by Gasteiger charge is -2.29. The van der Waals surface area contributed by atoms with Crippen molar-refractivity contribution in [3.05, 3.63) is 72.9 Å². The number of hydrogen-bond acceptors (Lipinski definition) is 4. The molecule has 1 saturated heterocycles. The third kappa shape index (κ3) is 2.85. The fourth-order valence-corrected chi connectivity index (χ4v) is 5.26. The number of benzene rings is 3. The third-order valence-electron chi connectivity index (χ3n) is 5.40. The third-order valence-corrected chi connectivity index (χ3v) is 7.08. The lowest BCUT2D eigenvalue weighted by molar-refractivity contribution is 0.589. The molecule has 2 heterocycles. The summed E-state index contributed by atoms with van der Waals surface area (Å²) in [6, 6.07) is 20.9. The molecule has 0 spiro atoms. The van der Waals surface area contributed by atoms with Gasteiger partial charge >= 0.3 is 0 Å². The number of hydrogen-bond donors (Lipinski definition) is 1. The predicted molar refractivity (Wildman–Crippen MR) is 114 cm³/mol. The summed E-state index contributed by atoms with van der Waals surface area (Å²) in [6.45, 7) is 3.86. The summed E-state index contributed by atoms with van der Waals surface area (Å²) < 4.78 is 27.9. The molecule has 5 rings (SSSR count). The Hall–Kier alpha value is -2.83. The van der Waals surface area contributed by atoms with Crippen LogP contribution in [0.15, 0.2) is 77.8 Å². The van der Waals surface area contributed by atoms with Crippen molar-refractivity contribution in [2.75, 3.05) is 31.1 Å². The van der Waals surface area contributed by atoms with Gasteiger partial charge in [-0.2, -0.15) is 0 Å². The molecular formula is C22H21N3O2S. The van der Waals surface area contributed by atoms with Gasteiger partial charge in [-0.1, -0.05) is 30.3 Å². The highest BCUT2D eigenvalue weighted by Crippen LogP contribution is 2.28. The molecule has 1 aromatic heterocycles. The maximum absolute atomic E-state index is 13.3. The summed E-state index contributed by atoms with van der Waals surface area (Å²) in [5.41, 5.74) is 1.84. The van der Waals surface area contributed by atoms with E-state index in [0.717, 1.165) is 48.0 Å². The zero-order valence-corrected chi connectivity index (χ0v) is 16.2. The number of piperazine rings is 1. The van der Waals surface area contributed by atoms with E-state index in [1.807, 2.05) is 48.5 Å². The van der Waals surface area contributed by atoms with Gasteiger partial charge in [-0.05, 0) is 47.2 Å².